The minimum absolute atomic E-state index is 0.0467. The Morgan fingerprint density at radius 2 is 2.31 bits per heavy atom. The Bertz CT molecular complexity index is 360. The normalized spacial score (nSPS) is 20.2. The van der Waals surface area contributed by atoms with E-state index in [1.165, 1.54) is 0 Å². The fourth-order valence-corrected chi connectivity index (χ4v) is 2.16. The first-order valence-corrected chi connectivity index (χ1v) is 4.99. The molecular weight excluding hydrogens is 232 g/mol. The third-order valence-electron chi connectivity index (χ3n) is 2.26. The Morgan fingerprint density at radius 3 is 3.00 bits per heavy atom. The molecule has 0 bridgehead atoms. The van der Waals surface area contributed by atoms with E-state index in [1.54, 1.807) is 7.11 Å². The molecule has 0 spiro atoms. The van der Waals surface area contributed by atoms with Gasteiger partial charge in [-0.05, 0) is 30.2 Å². The first-order valence-electron chi connectivity index (χ1n) is 4.07. The lowest BCUT2D eigenvalue weighted by atomic mass is 10.1. The number of carbonyl (C=O) groups excluding carboxylic acids is 1. The van der Waals surface area contributed by atoms with Gasteiger partial charge in [0.2, 0.25) is 0 Å². The highest BCUT2D eigenvalue weighted by molar-refractivity contribution is 9.10. The van der Waals surface area contributed by atoms with Crippen molar-refractivity contribution in [3.63, 3.8) is 0 Å². The van der Waals surface area contributed by atoms with E-state index in [2.05, 4.69) is 15.9 Å². The number of alkyl halides is 1. The molecule has 0 aliphatic heterocycles. The van der Waals surface area contributed by atoms with Crippen LogP contribution in [0.15, 0.2) is 18.2 Å². The molecule has 0 amide bonds. The second kappa shape index (κ2) is 3.14. The lowest BCUT2D eigenvalue weighted by Crippen LogP contribution is -2.05. The van der Waals surface area contributed by atoms with Gasteiger partial charge < -0.3 is 4.74 Å². The number of halogens is 1. The van der Waals surface area contributed by atoms with Crippen molar-refractivity contribution in [3.05, 3.63) is 29.3 Å². The van der Waals surface area contributed by atoms with Crippen LogP contribution < -0.4 is 4.74 Å². The fourth-order valence-electron chi connectivity index (χ4n) is 1.56. The molecule has 1 aliphatic carbocycles. The van der Waals surface area contributed by atoms with Gasteiger partial charge in [-0.25, -0.2) is 0 Å². The number of hydrogen-bond acceptors (Lipinski definition) is 2. The summed E-state index contributed by atoms with van der Waals surface area (Å²) >= 11 is 3.34. The summed E-state index contributed by atoms with van der Waals surface area (Å²) in [5.74, 6) is 0.991. The van der Waals surface area contributed by atoms with Gasteiger partial charge in [0.05, 0.1) is 11.9 Å². The molecule has 1 aliphatic rings. The molecule has 1 aromatic rings. The van der Waals surface area contributed by atoms with E-state index < -0.39 is 0 Å². The van der Waals surface area contributed by atoms with Crippen molar-refractivity contribution in [3.8, 4) is 5.75 Å². The van der Waals surface area contributed by atoms with Crippen LogP contribution in [-0.2, 0) is 6.42 Å². The van der Waals surface area contributed by atoms with Crippen LogP contribution in [0.5, 0.6) is 5.75 Å². The second-order valence-corrected chi connectivity index (χ2v) is 4.16. The van der Waals surface area contributed by atoms with Gasteiger partial charge in [-0.3, -0.25) is 4.79 Å². The molecule has 0 unspecified atom stereocenters. The van der Waals surface area contributed by atoms with E-state index in [9.17, 15) is 4.79 Å². The number of benzene rings is 1. The molecule has 0 N–H and O–H groups in total. The third kappa shape index (κ3) is 1.37. The van der Waals surface area contributed by atoms with E-state index in [0.717, 1.165) is 23.3 Å². The Balaban J connectivity index is 2.46. The van der Waals surface area contributed by atoms with E-state index >= 15 is 0 Å². The van der Waals surface area contributed by atoms with Gasteiger partial charge in [0, 0.05) is 5.56 Å². The number of methoxy groups -OCH3 is 1. The number of Topliss-reactive ketones (excluding diaryl/α,β-unsaturated/α-hetero) is 1. The molecule has 0 aromatic heterocycles. The maximum atomic E-state index is 11.5. The maximum Gasteiger partial charge on any atom is 0.177 e. The van der Waals surface area contributed by atoms with Crippen molar-refractivity contribution < 1.29 is 9.53 Å². The van der Waals surface area contributed by atoms with Crippen LogP contribution in [0, 0.1) is 0 Å². The standard InChI is InChI=1S/C10H9BrO2/c1-13-7-2-3-8-6(4-7)5-9(11)10(8)12/h2-4,9H,5H2,1H3/t9-/m1/s1. The zero-order valence-corrected chi connectivity index (χ0v) is 8.80. The molecule has 13 heavy (non-hydrogen) atoms. The quantitative estimate of drug-likeness (QED) is 0.704. The molecule has 0 radical (unpaired) electrons. The molecule has 1 aromatic carbocycles. The second-order valence-electron chi connectivity index (χ2n) is 3.06. The van der Waals surface area contributed by atoms with E-state index in [0.29, 0.717) is 0 Å². The van der Waals surface area contributed by atoms with E-state index in [-0.39, 0.29) is 10.6 Å². The molecule has 68 valence electrons. The van der Waals surface area contributed by atoms with Crippen molar-refractivity contribution in [1.29, 1.82) is 0 Å². The van der Waals surface area contributed by atoms with Crippen molar-refractivity contribution >= 4 is 21.7 Å². The molecule has 3 heteroatoms. The minimum atomic E-state index is -0.0467. The molecule has 0 fully saturated rings. The highest BCUT2D eigenvalue weighted by Crippen LogP contribution is 2.29. The molecule has 2 rings (SSSR count). The van der Waals surface area contributed by atoms with Gasteiger partial charge in [-0.1, -0.05) is 15.9 Å². The maximum absolute atomic E-state index is 11.5. The highest BCUT2D eigenvalue weighted by atomic mass is 79.9. The largest absolute Gasteiger partial charge is 0.497 e. The number of fused-ring (bicyclic) bond motifs is 1. The number of hydrogen-bond donors (Lipinski definition) is 0. The van der Waals surface area contributed by atoms with Crippen LogP contribution in [0.1, 0.15) is 15.9 Å². The Morgan fingerprint density at radius 1 is 1.54 bits per heavy atom. The van der Waals surface area contributed by atoms with Crippen molar-refractivity contribution in [2.75, 3.05) is 7.11 Å². The summed E-state index contributed by atoms with van der Waals surface area (Å²) in [4.78, 5) is 11.5. The van der Waals surface area contributed by atoms with Crippen molar-refractivity contribution in [2.45, 2.75) is 11.2 Å². The molecule has 0 heterocycles. The zero-order chi connectivity index (χ0) is 9.42. The highest BCUT2D eigenvalue weighted by Gasteiger charge is 2.28. The third-order valence-corrected chi connectivity index (χ3v) is 3.00. The van der Waals surface area contributed by atoms with Gasteiger partial charge in [-0.15, -0.1) is 0 Å². The Kier molecular flexibility index (Phi) is 2.12. The van der Waals surface area contributed by atoms with Crippen LogP contribution >= 0.6 is 15.9 Å². The Labute approximate surface area is 85.0 Å². The average molecular weight is 241 g/mol. The van der Waals surface area contributed by atoms with Gasteiger partial charge in [0.1, 0.15) is 5.75 Å². The number of ketones is 1. The Hall–Kier alpha value is -0.830. The zero-order valence-electron chi connectivity index (χ0n) is 7.21. The van der Waals surface area contributed by atoms with Crippen molar-refractivity contribution in [2.24, 2.45) is 0 Å². The smallest absolute Gasteiger partial charge is 0.177 e. The lowest BCUT2D eigenvalue weighted by Gasteiger charge is -2.01. The number of rotatable bonds is 1. The molecule has 0 saturated heterocycles. The van der Waals surface area contributed by atoms with Crippen LogP contribution in [0.4, 0.5) is 0 Å². The first-order chi connectivity index (χ1) is 6.22. The molecule has 1 atom stereocenters. The van der Waals surface area contributed by atoms with E-state index in [1.807, 2.05) is 18.2 Å². The fraction of sp³-hybridized carbons (Fsp3) is 0.300. The first kappa shape index (κ1) is 8.75. The monoisotopic (exact) mass is 240 g/mol. The summed E-state index contributed by atoms with van der Waals surface area (Å²) in [6.45, 7) is 0. The summed E-state index contributed by atoms with van der Waals surface area (Å²) in [5.41, 5.74) is 1.90. The summed E-state index contributed by atoms with van der Waals surface area (Å²) in [6, 6.07) is 5.58. The molecular formula is C10H9BrO2. The topological polar surface area (TPSA) is 26.3 Å². The summed E-state index contributed by atoms with van der Waals surface area (Å²) in [6.07, 6.45) is 0.769. The summed E-state index contributed by atoms with van der Waals surface area (Å²) in [7, 11) is 1.63. The van der Waals surface area contributed by atoms with Gasteiger partial charge >= 0.3 is 0 Å². The molecule has 2 nitrogen and oxygen atoms in total. The predicted octanol–water partition coefficient (Wildman–Crippen LogP) is 2.20. The van der Waals surface area contributed by atoms with Gasteiger partial charge in [0.15, 0.2) is 5.78 Å². The van der Waals surface area contributed by atoms with Gasteiger partial charge in [0.25, 0.3) is 0 Å². The van der Waals surface area contributed by atoms with Crippen LogP contribution in [0.2, 0.25) is 0 Å². The summed E-state index contributed by atoms with van der Waals surface area (Å²) < 4.78 is 5.08. The number of carbonyl (C=O) groups is 1. The SMILES string of the molecule is COc1ccc2c(c1)C[C@@H](Br)C2=O. The predicted molar refractivity (Wildman–Crippen MR) is 53.7 cm³/mol. The van der Waals surface area contributed by atoms with Crippen LogP contribution in [0.25, 0.3) is 0 Å². The van der Waals surface area contributed by atoms with Crippen molar-refractivity contribution in [1.82, 2.24) is 0 Å². The average Bonchev–Trinajstić information content (AvgIpc) is 2.42. The van der Waals surface area contributed by atoms with E-state index in [4.69, 9.17) is 4.74 Å². The van der Waals surface area contributed by atoms with Crippen LogP contribution in [0.3, 0.4) is 0 Å². The van der Waals surface area contributed by atoms with Crippen LogP contribution in [-0.4, -0.2) is 17.7 Å². The number of ether oxygens (including phenoxy) is 1. The summed E-state index contributed by atoms with van der Waals surface area (Å²) in [5, 5.41) is 0. The molecule has 0 saturated carbocycles. The lowest BCUT2D eigenvalue weighted by molar-refractivity contribution is 0.100. The van der Waals surface area contributed by atoms with Gasteiger partial charge in [-0.2, -0.15) is 0 Å². The minimum Gasteiger partial charge on any atom is -0.497 e.